The molecule has 3 aromatic rings. The van der Waals surface area contributed by atoms with Crippen LogP contribution in [0.15, 0.2) is 78.0 Å². The number of methoxy groups -OCH3 is 1. The fourth-order valence-electron chi connectivity index (χ4n) is 3.55. The van der Waals surface area contributed by atoms with Gasteiger partial charge < -0.3 is 9.64 Å². The number of hydrogen-bond acceptors (Lipinski definition) is 4. The molecular formula is C25H26N2O2S. The van der Waals surface area contributed by atoms with E-state index in [0.29, 0.717) is 11.5 Å². The van der Waals surface area contributed by atoms with Crippen LogP contribution >= 0.6 is 11.8 Å². The molecule has 0 saturated heterocycles. The maximum atomic E-state index is 13.4. The third-order valence-corrected chi connectivity index (χ3v) is 6.59. The first-order valence-electron chi connectivity index (χ1n) is 10.2. The number of benzene rings is 2. The fourth-order valence-corrected chi connectivity index (χ4v) is 4.39. The first kappa shape index (κ1) is 20.5. The number of hydrogen-bond donors (Lipinski definition) is 0. The number of amides is 1. The zero-order valence-electron chi connectivity index (χ0n) is 17.3. The SMILES string of the molecule is COc1ccc(N(C(=O)c2ccc(SCc3cccnc3)cc2)C(C)C2CC2)cc1. The molecule has 1 unspecified atom stereocenters. The number of carbonyl (C=O) groups is 1. The zero-order chi connectivity index (χ0) is 20.9. The topological polar surface area (TPSA) is 42.4 Å². The third kappa shape index (κ3) is 4.85. The molecule has 1 amide bonds. The van der Waals surface area contributed by atoms with Crippen LogP contribution in [0.3, 0.4) is 0 Å². The van der Waals surface area contributed by atoms with Gasteiger partial charge in [-0.2, -0.15) is 0 Å². The molecule has 1 aromatic heterocycles. The van der Waals surface area contributed by atoms with Crippen LogP contribution in [-0.2, 0) is 5.75 Å². The molecule has 1 heterocycles. The van der Waals surface area contributed by atoms with Crippen molar-refractivity contribution in [3.63, 3.8) is 0 Å². The van der Waals surface area contributed by atoms with Crippen LogP contribution in [0.5, 0.6) is 5.75 Å². The maximum absolute atomic E-state index is 13.4. The Morgan fingerprint density at radius 2 is 1.87 bits per heavy atom. The lowest BCUT2D eigenvalue weighted by molar-refractivity contribution is 0.0975. The van der Waals surface area contributed by atoms with Crippen LogP contribution in [0.25, 0.3) is 0 Å². The van der Waals surface area contributed by atoms with Gasteiger partial charge in [-0.15, -0.1) is 11.8 Å². The molecule has 154 valence electrons. The second-order valence-electron chi connectivity index (χ2n) is 7.63. The molecule has 1 atom stereocenters. The minimum Gasteiger partial charge on any atom is -0.497 e. The van der Waals surface area contributed by atoms with E-state index in [9.17, 15) is 4.79 Å². The molecule has 4 nitrogen and oxygen atoms in total. The average molecular weight is 419 g/mol. The zero-order valence-corrected chi connectivity index (χ0v) is 18.1. The molecule has 1 aliphatic carbocycles. The molecule has 0 spiro atoms. The number of nitrogens with zero attached hydrogens (tertiary/aromatic N) is 2. The number of pyridine rings is 1. The van der Waals surface area contributed by atoms with Crippen LogP contribution in [0, 0.1) is 5.92 Å². The first-order chi connectivity index (χ1) is 14.7. The molecule has 4 rings (SSSR count). The van der Waals surface area contributed by atoms with Crippen LogP contribution in [-0.4, -0.2) is 24.0 Å². The number of anilines is 1. The standard InChI is InChI=1S/C25H26N2O2S/c1-18(20-5-6-20)27(22-9-11-23(29-2)12-10-22)25(28)21-7-13-24(14-8-21)30-17-19-4-3-15-26-16-19/h3-4,7-16,18,20H,5-6,17H2,1-2H3. The quantitative estimate of drug-likeness (QED) is 0.432. The molecule has 30 heavy (non-hydrogen) atoms. The second-order valence-corrected chi connectivity index (χ2v) is 8.67. The molecule has 2 aromatic carbocycles. The summed E-state index contributed by atoms with van der Waals surface area (Å²) in [5.41, 5.74) is 2.81. The van der Waals surface area contributed by atoms with E-state index in [4.69, 9.17) is 4.74 Å². The Kier molecular flexibility index (Phi) is 6.38. The van der Waals surface area contributed by atoms with Gasteiger partial charge in [0.05, 0.1) is 7.11 Å². The van der Waals surface area contributed by atoms with Gasteiger partial charge in [0.1, 0.15) is 5.75 Å². The molecular weight excluding hydrogens is 392 g/mol. The van der Waals surface area contributed by atoms with Gasteiger partial charge in [-0.25, -0.2) is 0 Å². The van der Waals surface area contributed by atoms with Crippen molar-refractivity contribution in [1.82, 2.24) is 4.98 Å². The van der Waals surface area contributed by atoms with Gasteiger partial charge in [-0.3, -0.25) is 9.78 Å². The van der Waals surface area contributed by atoms with Gasteiger partial charge in [-0.1, -0.05) is 6.07 Å². The number of thioether (sulfide) groups is 1. The van der Waals surface area contributed by atoms with Crippen molar-refractivity contribution < 1.29 is 9.53 Å². The molecule has 0 N–H and O–H groups in total. The number of rotatable bonds is 8. The summed E-state index contributed by atoms with van der Waals surface area (Å²) in [4.78, 5) is 20.7. The van der Waals surface area contributed by atoms with Crippen LogP contribution in [0.4, 0.5) is 5.69 Å². The van der Waals surface area contributed by atoms with E-state index in [0.717, 1.165) is 22.1 Å². The monoisotopic (exact) mass is 418 g/mol. The Morgan fingerprint density at radius 1 is 1.13 bits per heavy atom. The molecule has 1 saturated carbocycles. The van der Waals surface area contributed by atoms with Gasteiger partial charge in [0.15, 0.2) is 0 Å². The minimum atomic E-state index is 0.0448. The predicted octanol–water partition coefficient (Wildman–Crippen LogP) is 5.83. The normalized spacial score (nSPS) is 14.2. The summed E-state index contributed by atoms with van der Waals surface area (Å²) in [6, 6.07) is 19.9. The van der Waals surface area contributed by atoms with Gasteiger partial charge in [0.25, 0.3) is 5.91 Å². The van der Waals surface area contributed by atoms with Crippen molar-refractivity contribution in [3.8, 4) is 5.75 Å². The molecule has 1 aliphatic rings. The maximum Gasteiger partial charge on any atom is 0.258 e. The van der Waals surface area contributed by atoms with Crippen molar-refractivity contribution in [1.29, 1.82) is 0 Å². The Balaban J connectivity index is 1.50. The van der Waals surface area contributed by atoms with Gasteiger partial charge >= 0.3 is 0 Å². The summed E-state index contributed by atoms with van der Waals surface area (Å²) in [6.07, 6.45) is 6.04. The lowest BCUT2D eigenvalue weighted by Gasteiger charge is -2.30. The minimum absolute atomic E-state index is 0.0448. The number of carbonyl (C=O) groups excluding carboxylic acids is 1. The van der Waals surface area contributed by atoms with Crippen molar-refractivity contribution in [2.24, 2.45) is 5.92 Å². The van der Waals surface area contributed by atoms with E-state index < -0.39 is 0 Å². The van der Waals surface area contributed by atoms with Crippen LogP contribution in [0.2, 0.25) is 0 Å². The lowest BCUT2D eigenvalue weighted by Crippen LogP contribution is -2.40. The average Bonchev–Trinajstić information content (AvgIpc) is 3.65. The predicted molar refractivity (Wildman–Crippen MR) is 122 cm³/mol. The largest absolute Gasteiger partial charge is 0.497 e. The summed E-state index contributed by atoms with van der Waals surface area (Å²) >= 11 is 1.75. The van der Waals surface area contributed by atoms with Crippen LogP contribution in [0.1, 0.15) is 35.7 Å². The van der Waals surface area contributed by atoms with E-state index in [1.54, 1.807) is 25.1 Å². The summed E-state index contributed by atoms with van der Waals surface area (Å²) in [5, 5.41) is 0. The molecule has 0 bridgehead atoms. The van der Waals surface area contributed by atoms with Gasteiger partial charge in [-0.05, 0) is 85.8 Å². The third-order valence-electron chi connectivity index (χ3n) is 5.51. The highest BCUT2D eigenvalue weighted by Crippen LogP contribution is 2.38. The number of ether oxygens (including phenoxy) is 1. The summed E-state index contributed by atoms with van der Waals surface area (Å²) in [6.45, 7) is 2.15. The highest BCUT2D eigenvalue weighted by atomic mass is 32.2. The lowest BCUT2D eigenvalue weighted by atomic mass is 10.1. The fraction of sp³-hybridized carbons (Fsp3) is 0.280. The van der Waals surface area contributed by atoms with E-state index in [-0.39, 0.29) is 11.9 Å². The van der Waals surface area contributed by atoms with Gasteiger partial charge in [0, 0.05) is 40.3 Å². The summed E-state index contributed by atoms with van der Waals surface area (Å²) in [7, 11) is 1.65. The molecule has 1 fully saturated rings. The summed E-state index contributed by atoms with van der Waals surface area (Å²) < 4.78 is 5.27. The Labute approximate surface area is 182 Å². The van der Waals surface area contributed by atoms with E-state index in [1.807, 2.05) is 65.7 Å². The Morgan fingerprint density at radius 3 is 2.47 bits per heavy atom. The Hall–Kier alpha value is -2.79. The highest BCUT2D eigenvalue weighted by Gasteiger charge is 2.35. The smallest absolute Gasteiger partial charge is 0.258 e. The van der Waals surface area contributed by atoms with E-state index >= 15 is 0 Å². The molecule has 0 radical (unpaired) electrons. The van der Waals surface area contributed by atoms with Crippen LogP contribution < -0.4 is 9.64 Å². The second kappa shape index (κ2) is 9.35. The van der Waals surface area contributed by atoms with E-state index in [2.05, 4.69) is 18.0 Å². The summed E-state index contributed by atoms with van der Waals surface area (Å²) in [5.74, 6) is 2.27. The van der Waals surface area contributed by atoms with Crippen molar-refractivity contribution in [2.45, 2.75) is 36.5 Å². The highest BCUT2D eigenvalue weighted by molar-refractivity contribution is 7.98. The molecule has 0 aliphatic heterocycles. The van der Waals surface area contributed by atoms with E-state index in [1.165, 1.54) is 18.4 Å². The van der Waals surface area contributed by atoms with Crippen molar-refractivity contribution >= 4 is 23.4 Å². The number of aromatic nitrogens is 1. The van der Waals surface area contributed by atoms with Gasteiger partial charge in [0.2, 0.25) is 0 Å². The first-order valence-corrected chi connectivity index (χ1v) is 11.2. The Bertz CT molecular complexity index is 970. The van der Waals surface area contributed by atoms with Crippen molar-refractivity contribution in [3.05, 3.63) is 84.2 Å². The molecule has 5 heteroatoms. The van der Waals surface area contributed by atoms with Crippen molar-refractivity contribution in [2.75, 3.05) is 12.0 Å².